The van der Waals surface area contributed by atoms with E-state index in [-0.39, 0.29) is 0 Å². The molecule has 1 heterocycles. The maximum Gasteiger partial charge on any atom is 0.0541 e. The van der Waals surface area contributed by atoms with Crippen LogP contribution in [0.15, 0.2) is 243 Å². The average molecular weight is 789 g/mol. The van der Waals surface area contributed by atoms with Gasteiger partial charge in [0.15, 0.2) is 0 Å². The van der Waals surface area contributed by atoms with E-state index >= 15 is 0 Å². The Hall–Kier alpha value is -8.20. The molecule has 2 heteroatoms. The van der Waals surface area contributed by atoms with Crippen LogP contribution in [0.2, 0.25) is 0 Å². The van der Waals surface area contributed by atoms with Crippen molar-refractivity contribution in [2.24, 2.45) is 0 Å². The number of hydrogen-bond donors (Lipinski definition) is 0. The van der Waals surface area contributed by atoms with Crippen LogP contribution in [-0.4, -0.2) is 4.57 Å². The first kappa shape index (κ1) is 35.7. The van der Waals surface area contributed by atoms with Gasteiger partial charge in [0.25, 0.3) is 0 Å². The predicted molar refractivity (Wildman–Crippen MR) is 264 cm³/mol. The van der Waals surface area contributed by atoms with Crippen molar-refractivity contribution in [3.8, 4) is 39.1 Å². The van der Waals surface area contributed by atoms with Crippen molar-refractivity contribution in [3.63, 3.8) is 0 Å². The lowest BCUT2D eigenvalue weighted by molar-refractivity contribution is 1.17. The van der Waals surface area contributed by atoms with Gasteiger partial charge in [-0.2, -0.15) is 0 Å². The van der Waals surface area contributed by atoms with Crippen molar-refractivity contribution in [2.45, 2.75) is 0 Å². The van der Waals surface area contributed by atoms with E-state index in [0.717, 1.165) is 22.7 Å². The van der Waals surface area contributed by atoms with Gasteiger partial charge >= 0.3 is 0 Å². The summed E-state index contributed by atoms with van der Waals surface area (Å²) < 4.78 is 2.39. The predicted octanol–water partition coefficient (Wildman–Crippen LogP) is 16.7. The molecule has 0 bridgehead atoms. The standard InChI is InChI=1S/C60H40N2/c1-3-20-51-42(13-1)15-10-24-54(51)46-17-9-16-45(39-46)41-29-34-47(35-30-41)61(49-18-11-19-50(40-49)62-59-27-7-5-22-57(59)58-23-6-8-28-60(58)62)48-36-31-44(32-37-48)53-25-12-26-55-52-21-4-2-14-43(52)33-38-56(53)55/h1-40H. The number of benzene rings is 11. The van der Waals surface area contributed by atoms with Gasteiger partial charge < -0.3 is 9.47 Å². The minimum absolute atomic E-state index is 1.08. The smallest absolute Gasteiger partial charge is 0.0541 e. The van der Waals surface area contributed by atoms with Crippen LogP contribution in [0.5, 0.6) is 0 Å². The molecular formula is C60H40N2. The van der Waals surface area contributed by atoms with Crippen LogP contribution in [0.4, 0.5) is 17.1 Å². The number of hydrogen-bond acceptors (Lipinski definition) is 1. The number of para-hydroxylation sites is 2. The van der Waals surface area contributed by atoms with Gasteiger partial charge in [-0.25, -0.2) is 0 Å². The van der Waals surface area contributed by atoms with Gasteiger partial charge in [-0.05, 0) is 126 Å². The molecule has 0 fully saturated rings. The van der Waals surface area contributed by atoms with Gasteiger partial charge in [0, 0.05) is 33.5 Å². The molecule has 0 aliphatic rings. The lowest BCUT2D eigenvalue weighted by atomic mass is 9.94. The SMILES string of the molecule is c1cc(-c2ccc(N(c3ccc(-c4cccc5c4ccc4ccccc45)cc3)c3cccc(-n4c5ccccc5c5ccccc54)c3)cc2)cc(-c2cccc3ccccc23)c1. The van der Waals surface area contributed by atoms with E-state index in [0.29, 0.717) is 0 Å². The summed E-state index contributed by atoms with van der Waals surface area (Å²) in [4.78, 5) is 2.38. The third-order valence-electron chi connectivity index (χ3n) is 12.6. The third kappa shape index (κ3) is 6.04. The zero-order valence-corrected chi connectivity index (χ0v) is 34.0. The number of fused-ring (bicyclic) bond motifs is 7. The van der Waals surface area contributed by atoms with Crippen LogP contribution in [0, 0.1) is 0 Å². The quantitative estimate of drug-likeness (QED) is 0.146. The fraction of sp³-hybridized carbons (Fsp3) is 0. The summed E-state index contributed by atoms with van der Waals surface area (Å²) in [6.07, 6.45) is 0. The number of rotatable bonds is 7. The highest BCUT2D eigenvalue weighted by atomic mass is 15.1. The summed E-state index contributed by atoms with van der Waals surface area (Å²) in [7, 11) is 0. The molecule has 0 unspecified atom stereocenters. The molecule has 11 aromatic carbocycles. The molecule has 0 aliphatic heterocycles. The number of nitrogens with zero attached hydrogens (tertiary/aromatic N) is 2. The van der Waals surface area contributed by atoms with Gasteiger partial charge in [-0.1, -0.05) is 182 Å². The van der Waals surface area contributed by atoms with Crippen molar-refractivity contribution < 1.29 is 0 Å². The van der Waals surface area contributed by atoms with Crippen molar-refractivity contribution in [1.29, 1.82) is 0 Å². The van der Waals surface area contributed by atoms with Gasteiger partial charge in [0.2, 0.25) is 0 Å². The largest absolute Gasteiger partial charge is 0.310 e. The minimum Gasteiger partial charge on any atom is -0.310 e. The van der Waals surface area contributed by atoms with Gasteiger partial charge in [0.1, 0.15) is 0 Å². The first-order chi connectivity index (χ1) is 30.7. The van der Waals surface area contributed by atoms with Gasteiger partial charge in [0.05, 0.1) is 11.0 Å². The lowest BCUT2D eigenvalue weighted by Crippen LogP contribution is -2.10. The summed E-state index contributed by atoms with van der Waals surface area (Å²) in [5.41, 5.74) is 14.0. The first-order valence-corrected chi connectivity index (χ1v) is 21.3. The number of aromatic nitrogens is 1. The van der Waals surface area contributed by atoms with E-state index in [1.807, 2.05) is 0 Å². The Morgan fingerprint density at radius 3 is 1.50 bits per heavy atom. The van der Waals surface area contributed by atoms with Gasteiger partial charge in [-0.15, -0.1) is 0 Å². The zero-order chi connectivity index (χ0) is 41.0. The van der Waals surface area contributed by atoms with Crippen LogP contribution in [0.1, 0.15) is 0 Å². The van der Waals surface area contributed by atoms with Crippen LogP contribution in [0.3, 0.4) is 0 Å². The molecule has 0 radical (unpaired) electrons. The Balaban J connectivity index is 0.970. The van der Waals surface area contributed by atoms with E-state index in [1.54, 1.807) is 0 Å². The van der Waals surface area contributed by atoms with Crippen molar-refractivity contribution in [3.05, 3.63) is 243 Å². The normalized spacial score (nSPS) is 11.5. The Kier molecular flexibility index (Phi) is 8.53. The van der Waals surface area contributed by atoms with Crippen LogP contribution in [0.25, 0.3) is 93.2 Å². The van der Waals surface area contributed by atoms with E-state index in [2.05, 4.69) is 252 Å². The molecule has 1 aromatic heterocycles. The summed E-state index contributed by atoms with van der Waals surface area (Å²) in [5, 5.41) is 10.1. The second kappa shape index (κ2) is 14.8. The average Bonchev–Trinajstić information content (AvgIpc) is 3.69. The van der Waals surface area contributed by atoms with E-state index < -0.39 is 0 Å². The summed E-state index contributed by atoms with van der Waals surface area (Å²) in [6, 6.07) is 88.5. The van der Waals surface area contributed by atoms with Crippen LogP contribution in [-0.2, 0) is 0 Å². The van der Waals surface area contributed by atoms with E-state index in [1.165, 1.54) is 87.5 Å². The summed E-state index contributed by atoms with van der Waals surface area (Å²) in [6.45, 7) is 0. The molecule has 0 spiro atoms. The lowest BCUT2D eigenvalue weighted by Gasteiger charge is -2.27. The number of anilines is 3. The molecule has 290 valence electrons. The molecule has 0 N–H and O–H groups in total. The molecule has 0 saturated heterocycles. The first-order valence-electron chi connectivity index (χ1n) is 21.3. The maximum atomic E-state index is 2.39. The Morgan fingerprint density at radius 1 is 0.258 bits per heavy atom. The van der Waals surface area contributed by atoms with E-state index in [4.69, 9.17) is 0 Å². The summed E-state index contributed by atoms with van der Waals surface area (Å²) in [5.74, 6) is 0. The van der Waals surface area contributed by atoms with Crippen molar-refractivity contribution >= 4 is 71.2 Å². The fourth-order valence-electron chi connectivity index (χ4n) is 9.65. The molecule has 0 atom stereocenters. The Morgan fingerprint density at radius 2 is 0.774 bits per heavy atom. The topological polar surface area (TPSA) is 8.17 Å². The maximum absolute atomic E-state index is 2.39. The monoisotopic (exact) mass is 788 g/mol. The molecule has 0 saturated carbocycles. The second-order valence-corrected chi connectivity index (χ2v) is 16.1. The molecule has 12 aromatic rings. The van der Waals surface area contributed by atoms with E-state index in [9.17, 15) is 0 Å². The molecule has 12 rings (SSSR count). The highest BCUT2D eigenvalue weighted by molar-refractivity contribution is 6.12. The van der Waals surface area contributed by atoms with Crippen LogP contribution < -0.4 is 4.90 Å². The highest BCUT2D eigenvalue weighted by Gasteiger charge is 2.18. The molecule has 0 amide bonds. The Bertz CT molecular complexity index is 3570. The van der Waals surface area contributed by atoms with Crippen molar-refractivity contribution in [1.82, 2.24) is 4.57 Å². The second-order valence-electron chi connectivity index (χ2n) is 16.1. The summed E-state index contributed by atoms with van der Waals surface area (Å²) >= 11 is 0. The minimum atomic E-state index is 1.08. The molecule has 62 heavy (non-hydrogen) atoms. The zero-order valence-electron chi connectivity index (χ0n) is 34.0. The van der Waals surface area contributed by atoms with Crippen LogP contribution >= 0.6 is 0 Å². The highest BCUT2D eigenvalue weighted by Crippen LogP contribution is 2.41. The molecule has 2 nitrogen and oxygen atoms in total. The Labute approximate surface area is 360 Å². The van der Waals surface area contributed by atoms with Gasteiger partial charge in [-0.3, -0.25) is 0 Å². The molecule has 0 aliphatic carbocycles. The third-order valence-corrected chi connectivity index (χ3v) is 12.6. The molecular weight excluding hydrogens is 749 g/mol. The fourth-order valence-corrected chi connectivity index (χ4v) is 9.65. The van der Waals surface area contributed by atoms with Crippen molar-refractivity contribution in [2.75, 3.05) is 4.90 Å².